The van der Waals surface area contributed by atoms with Crippen LogP contribution in [0.15, 0.2) is 65.7 Å². The van der Waals surface area contributed by atoms with Crippen LogP contribution >= 0.6 is 0 Å². The molecule has 168 valence electrons. The van der Waals surface area contributed by atoms with E-state index in [1.54, 1.807) is 35.0 Å². The van der Waals surface area contributed by atoms with Gasteiger partial charge in [-0.1, -0.05) is 6.07 Å². The van der Waals surface area contributed by atoms with E-state index < -0.39 is 5.97 Å². The number of benzene rings is 1. The third kappa shape index (κ3) is 3.82. The summed E-state index contributed by atoms with van der Waals surface area (Å²) in [4.78, 5) is 36.8. The number of hydrogen-bond donors (Lipinski definition) is 0. The van der Waals surface area contributed by atoms with Crippen LogP contribution in [-0.2, 0) is 11.3 Å². The molecule has 0 amide bonds. The highest BCUT2D eigenvalue weighted by Gasteiger charge is 2.29. The van der Waals surface area contributed by atoms with Crippen LogP contribution in [0.3, 0.4) is 0 Å². The summed E-state index contributed by atoms with van der Waals surface area (Å²) in [6.07, 6.45) is 4.40. The predicted octanol–water partition coefficient (Wildman–Crippen LogP) is 3.12. The summed E-state index contributed by atoms with van der Waals surface area (Å²) in [6, 6.07) is 14.6. The second-order valence-corrected chi connectivity index (χ2v) is 8.32. The average Bonchev–Trinajstić information content (AvgIpc) is 3.41. The van der Waals surface area contributed by atoms with Gasteiger partial charge in [0.25, 0.3) is 0 Å². The van der Waals surface area contributed by atoms with Gasteiger partial charge in [-0.15, -0.1) is 0 Å². The number of ether oxygens (including phenoxy) is 1. The first-order chi connectivity index (χ1) is 16.1. The molecule has 1 saturated heterocycles. The Bertz CT molecular complexity index is 1370. The van der Waals surface area contributed by atoms with Crippen LogP contribution < -0.4 is 5.69 Å². The molecule has 33 heavy (non-hydrogen) atoms. The SMILES string of the molecule is COC(=O)c1ccc(-n2c(=O)n([C@H]3CCN(Cc4ncccc4C)C3)c3ncccc32)cc1. The number of rotatable bonds is 5. The monoisotopic (exact) mass is 443 g/mol. The molecular formula is C25H25N5O3. The largest absolute Gasteiger partial charge is 0.465 e. The molecule has 4 aromatic rings. The Hall–Kier alpha value is -3.78. The third-order valence-electron chi connectivity index (χ3n) is 6.28. The number of nitrogens with zero attached hydrogens (tertiary/aromatic N) is 5. The summed E-state index contributed by atoms with van der Waals surface area (Å²) in [6.45, 7) is 4.48. The number of methoxy groups -OCH3 is 1. The Kier molecular flexibility index (Phi) is 5.51. The van der Waals surface area contributed by atoms with Gasteiger partial charge >= 0.3 is 11.7 Å². The molecule has 1 fully saturated rings. The quantitative estimate of drug-likeness (QED) is 0.441. The fourth-order valence-electron chi connectivity index (χ4n) is 4.56. The molecule has 1 aliphatic heterocycles. The number of fused-ring (bicyclic) bond motifs is 1. The number of carbonyl (C=O) groups is 1. The number of likely N-dealkylation sites (tertiary alicyclic amines) is 1. The van der Waals surface area contributed by atoms with Gasteiger partial charge in [0.1, 0.15) is 0 Å². The van der Waals surface area contributed by atoms with Crippen molar-refractivity contribution in [3.05, 3.63) is 88.2 Å². The Morgan fingerprint density at radius 1 is 1.09 bits per heavy atom. The molecule has 3 aromatic heterocycles. The lowest BCUT2D eigenvalue weighted by Crippen LogP contribution is -2.29. The standard InChI is InChI=1S/C25H25N5O3/c1-17-5-3-12-26-21(17)16-28-14-11-20(15-28)30-23-22(6-4-13-27-23)29(25(30)32)19-9-7-18(8-10-19)24(31)33-2/h3-10,12-13,20H,11,14-16H2,1-2H3/t20-/m0/s1. The van der Waals surface area contributed by atoms with E-state index in [9.17, 15) is 9.59 Å². The number of hydrogen-bond acceptors (Lipinski definition) is 6. The van der Waals surface area contributed by atoms with Crippen molar-refractivity contribution < 1.29 is 9.53 Å². The van der Waals surface area contributed by atoms with E-state index in [4.69, 9.17) is 4.74 Å². The minimum atomic E-state index is -0.410. The van der Waals surface area contributed by atoms with Crippen molar-refractivity contribution >= 4 is 17.1 Å². The number of esters is 1. The van der Waals surface area contributed by atoms with Gasteiger partial charge in [0.2, 0.25) is 0 Å². The number of carbonyl (C=O) groups excluding carboxylic acids is 1. The van der Waals surface area contributed by atoms with Crippen LogP contribution in [0.5, 0.6) is 0 Å². The summed E-state index contributed by atoms with van der Waals surface area (Å²) < 4.78 is 8.25. The van der Waals surface area contributed by atoms with Gasteiger partial charge in [0.05, 0.1) is 35.6 Å². The smallest absolute Gasteiger partial charge is 0.337 e. The van der Waals surface area contributed by atoms with Crippen LogP contribution in [0.4, 0.5) is 0 Å². The first-order valence-electron chi connectivity index (χ1n) is 11.0. The zero-order valence-corrected chi connectivity index (χ0v) is 18.6. The van der Waals surface area contributed by atoms with Crippen LogP contribution in [0.1, 0.15) is 34.1 Å². The summed E-state index contributed by atoms with van der Waals surface area (Å²) in [5.41, 5.74) is 4.64. The zero-order valence-electron chi connectivity index (χ0n) is 18.6. The average molecular weight is 444 g/mol. The molecule has 0 aliphatic carbocycles. The highest BCUT2D eigenvalue weighted by Crippen LogP contribution is 2.26. The van der Waals surface area contributed by atoms with E-state index in [0.29, 0.717) is 16.9 Å². The second kappa shape index (κ2) is 8.63. The molecule has 0 radical (unpaired) electrons. The number of pyridine rings is 2. The van der Waals surface area contributed by atoms with Crippen molar-refractivity contribution in [2.75, 3.05) is 20.2 Å². The van der Waals surface area contributed by atoms with E-state index >= 15 is 0 Å². The molecule has 8 nitrogen and oxygen atoms in total. The normalized spacial score (nSPS) is 16.4. The van der Waals surface area contributed by atoms with E-state index in [1.165, 1.54) is 12.7 Å². The van der Waals surface area contributed by atoms with Crippen LogP contribution in [0.25, 0.3) is 16.9 Å². The lowest BCUT2D eigenvalue weighted by Gasteiger charge is -2.17. The van der Waals surface area contributed by atoms with E-state index in [-0.39, 0.29) is 11.7 Å². The van der Waals surface area contributed by atoms with E-state index in [0.717, 1.165) is 37.3 Å². The van der Waals surface area contributed by atoms with Gasteiger partial charge < -0.3 is 4.74 Å². The first-order valence-corrected chi connectivity index (χ1v) is 11.0. The minimum Gasteiger partial charge on any atom is -0.465 e. The minimum absolute atomic E-state index is 0.0227. The second-order valence-electron chi connectivity index (χ2n) is 8.32. The summed E-state index contributed by atoms with van der Waals surface area (Å²) in [5.74, 6) is -0.410. The zero-order chi connectivity index (χ0) is 22.9. The summed E-state index contributed by atoms with van der Waals surface area (Å²) in [7, 11) is 1.35. The molecule has 0 unspecified atom stereocenters. The number of aromatic nitrogens is 4. The molecule has 8 heteroatoms. The lowest BCUT2D eigenvalue weighted by molar-refractivity contribution is 0.0600. The first kappa shape index (κ1) is 21.1. The van der Waals surface area contributed by atoms with Crippen molar-refractivity contribution in [1.82, 2.24) is 24.0 Å². The maximum atomic E-state index is 13.6. The fourth-order valence-corrected chi connectivity index (χ4v) is 4.56. The third-order valence-corrected chi connectivity index (χ3v) is 6.28. The van der Waals surface area contributed by atoms with E-state index in [2.05, 4.69) is 27.9 Å². The Morgan fingerprint density at radius 2 is 1.85 bits per heavy atom. The molecular weight excluding hydrogens is 418 g/mol. The van der Waals surface area contributed by atoms with Crippen molar-refractivity contribution in [1.29, 1.82) is 0 Å². The highest BCUT2D eigenvalue weighted by molar-refractivity contribution is 5.89. The van der Waals surface area contributed by atoms with Gasteiger partial charge in [-0.05, 0) is 61.4 Å². The molecule has 0 saturated carbocycles. The molecule has 1 atom stereocenters. The van der Waals surface area contributed by atoms with Gasteiger partial charge in [-0.2, -0.15) is 0 Å². The fraction of sp³-hybridized carbons (Fsp3) is 0.280. The number of aryl methyl sites for hydroxylation is 1. The molecule has 0 spiro atoms. The van der Waals surface area contributed by atoms with Gasteiger partial charge in [0, 0.05) is 32.0 Å². The van der Waals surface area contributed by atoms with Crippen molar-refractivity contribution in [3.63, 3.8) is 0 Å². The highest BCUT2D eigenvalue weighted by atomic mass is 16.5. The Labute approximate surface area is 191 Å². The molecule has 1 aromatic carbocycles. The molecule has 0 N–H and O–H groups in total. The summed E-state index contributed by atoms with van der Waals surface area (Å²) >= 11 is 0. The van der Waals surface area contributed by atoms with Crippen LogP contribution in [-0.4, -0.2) is 50.2 Å². The van der Waals surface area contributed by atoms with E-state index in [1.807, 2.05) is 29.0 Å². The Balaban J connectivity index is 1.49. The van der Waals surface area contributed by atoms with Crippen molar-refractivity contribution in [2.24, 2.45) is 0 Å². The van der Waals surface area contributed by atoms with Crippen LogP contribution in [0.2, 0.25) is 0 Å². The van der Waals surface area contributed by atoms with Gasteiger partial charge in [0.15, 0.2) is 5.65 Å². The molecule has 4 heterocycles. The van der Waals surface area contributed by atoms with Crippen molar-refractivity contribution in [3.8, 4) is 5.69 Å². The topological polar surface area (TPSA) is 82.2 Å². The maximum Gasteiger partial charge on any atom is 0.337 e. The Morgan fingerprint density at radius 3 is 2.61 bits per heavy atom. The van der Waals surface area contributed by atoms with Crippen molar-refractivity contribution in [2.45, 2.75) is 25.9 Å². The maximum absolute atomic E-state index is 13.6. The number of imidazole rings is 1. The van der Waals surface area contributed by atoms with Gasteiger partial charge in [-0.25, -0.2) is 14.6 Å². The lowest BCUT2D eigenvalue weighted by atomic mass is 10.2. The molecule has 0 bridgehead atoms. The van der Waals surface area contributed by atoms with Crippen LogP contribution in [0, 0.1) is 6.92 Å². The van der Waals surface area contributed by atoms with Gasteiger partial charge in [-0.3, -0.25) is 19.0 Å². The molecule has 1 aliphatic rings. The molecule has 5 rings (SSSR count). The predicted molar refractivity (Wildman–Crippen MR) is 125 cm³/mol. The summed E-state index contributed by atoms with van der Waals surface area (Å²) in [5, 5.41) is 0.